The summed E-state index contributed by atoms with van der Waals surface area (Å²) in [6.07, 6.45) is 0. The molecule has 0 spiro atoms. The molecule has 82 valence electrons. The van der Waals surface area contributed by atoms with Crippen LogP contribution >= 0.6 is 38.5 Å². The lowest BCUT2D eigenvalue weighted by Gasteiger charge is -2.23. The van der Waals surface area contributed by atoms with Gasteiger partial charge in [-0.1, -0.05) is 15.9 Å². The van der Waals surface area contributed by atoms with Gasteiger partial charge in [0.05, 0.1) is 0 Å². The van der Waals surface area contributed by atoms with Crippen molar-refractivity contribution in [2.75, 3.05) is 5.33 Å². The highest BCUT2D eigenvalue weighted by Gasteiger charge is 2.19. The van der Waals surface area contributed by atoms with Crippen molar-refractivity contribution in [3.05, 3.63) is 33.4 Å². The molecular weight excluding hydrogens is 369 g/mol. The van der Waals surface area contributed by atoms with Crippen LogP contribution in [0.25, 0.3) is 0 Å². The third-order valence-electron chi connectivity index (χ3n) is 1.89. The van der Waals surface area contributed by atoms with E-state index in [0.717, 1.165) is 8.90 Å². The Balaban J connectivity index is 2.74. The number of hydrogen-bond acceptors (Lipinski definition) is 1. The highest BCUT2D eigenvalue weighted by atomic mass is 127. The molecule has 0 aliphatic heterocycles. The van der Waals surface area contributed by atoms with E-state index in [-0.39, 0.29) is 11.4 Å². The van der Waals surface area contributed by atoms with E-state index in [0.29, 0.717) is 5.56 Å². The summed E-state index contributed by atoms with van der Waals surface area (Å²) in [6, 6.07) is 7.52. The normalized spacial score (nSPS) is 11.2. The Labute approximate surface area is 112 Å². The van der Waals surface area contributed by atoms with Gasteiger partial charge in [-0.25, -0.2) is 0 Å². The summed E-state index contributed by atoms with van der Waals surface area (Å²) in [5.74, 6) is -0.0316. The van der Waals surface area contributed by atoms with Crippen molar-refractivity contribution in [3.8, 4) is 0 Å². The molecule has 1 rings (SSSR count). The first-order valence-corrected chi connectivity index (χ1v) is 6.79. The van der Waals surface area contributed by atoms with Crippen molar-refractivity contribution >= 4 is 44.4 Å². The smallest absolute Gasteiger partial charge is 0.251 e. The molecule has 1 amide bonds. The van der Waals surface area contributed by atoms with Crippen LogP contribution in [-0.4, -0.2) is 16.8 Å². The minimum atomic E-state index is -0.222. The maximum Gasteiger partial charge on any atom is 0.251 e. The van der Waals surface area contributed by atoms with Crippen molar-refractivity contribution in [3.63, 3.8) is 0 Å². The van der Waals surface area contributed by atoms with E-state index < -0.39 is 0 Å². The SMILES string of the molecule is CC(C)(CBr)NC(=O)c1ccc(I)cc1. The molecule has 0 bridgehead atoms. The van der Waals surface area contributed by atoms with Crippen LogP contribution in [-0.2, 0) is 0 Å². The van der Waals surface area contributed by atoms with Gasteiger partial charge in [0.1, 0.15) is 0 Å². The monoisotopic (exact) mass is 381 g/mol. The van der Waals surface area contributed by atoms with Gasteiger partial charge in [0.25, 0.3) is 5.91 Å². The molecule has 0 unspecified atom stereocenters. The van der Waals surface area contributed by atoms with Crippen molar-refractivity contribution in [1.82, 2.24) is 5.32 Å². The molecule has 0 aliphatic rings. The molecule has 0 saturated heterocycles. The zero-order valence-electron chi connectivity index (χ0n) is 8.68. The Morgan fingerprint density at radius 2 is 1.93 bits per heavy atom. The van der Waals surface area contributed by atoms with Gasteiger partial charge in [-0.2, -0.15) is 0 Å². The van der Waals surface area contributed by atoms with Gasteiger partial charge < -0.3 is 5.32 Å². The summed E-state index contributed by atoms with van der Waals surface area (Å²) in [4.78, 5) is 11.8. The molecule has 15 heavy (non-hydrogen) atoms. The molecule has 4 heteroatoms. The first-order valence-electron chi connectivity index (χ1n) is 4.59. The van der Waals surface area contributed by atoms with E-state index in [9.17, 15) is 4.79 Å². The number of rotatable bonds is 3. The summed E-state index contributed by atoms with van der Waals surface area (Å²) >= 11 is 5.58. The number of nitrogens with one attached hydrogen (secondary N) is 1. The Morgan fingerprint density at radius 1 is 1.40 bits per heavy atom. The fourth-order valence-electron chi connectivity index (χ4n) is 1.01. The fourth-order valence-corrected chi connectivity index (χ4v) is 1.51. The van der Waals surface area contributed by atoms with Crippen LogP contribution in [0.3, 0.4) is 0 Å². The van der Waals surface area contributed by atoms with E-state index in [2.05, 4.69) is 43.8 Å². The molecule has 1 aromatic carbocycles. The molecular formula is C11H13BrINO. The second kappa shape index (κ2) is 5.30. The molecule has 0 aliphatic carbocycles. The van der Waals surface area contributed by atoms with Gasteiger partial charge in [0.15, 0.2) is 0 Å². The first-order chi connectivity index (χ1) is 6.94. The predicted octanol–water partition coefficient (Wildman–Crippen LogP) is 3.19. The Kier molecular flexibility index (Phi) is 4.58. The fraction of sp³-hybridized carbons (Fsp3) is 0.364. The van der Waals surface area contributed by atoms with Gasteiger partial charge in [-0.3, -0.25) is 4.79 Å². The Bertz CT molecular complexity index is 348. The van der Waals surface area contributed by atoms with Crippen LogP contribution in [0.15, 0.2) is 24.3 Å². The molecule has 0 saturated carbocycles. The molecule has 0 radical (unpaired) electrons. The van der Waals surface area contributed by atoms with Gasteiger partial charge in [-0.05, 0) is 60.7 Å². The van der Waals surface area contributed by atoms with Crippen molar-refractivity contribution in [2.45, 2.75) is 19.4 Å². The first kappa shape index (κ1) is 13.0. The molecule has 0 heterocycles. The summed E-state index contributed by atoms with van der Waals surface area (Å²) in [5, 5.41) is 3.69. The van der Waals surface area contributed by atoms with Crippen molar-refractivity contribution in [2.24, 2.45) is 0 Å². The van der Waals surface area contributed by atoms with E-state index in [1.807, 2.05) is 38.1 Å². The molecule has 2 nitrogen and oxygen atoms in total. The second-order valence-corrected chi connectivity index (χ2v) is 5.78. The van der Waals surface area contributed by atoms with E-state index >= 15 is 0 Å². The van der Waals surface area contributed by atoms with Gasteiger partial charge in [-0.15, -0.1) is 0 Å². The number of carbonyl (C=O) groups is 1. The zero-order chi connectivity index (χ0) is 11.5. The molecule has 1 N–H and O–H groups in total. The number of alkyl halides is 1. The van der Waals surface area contributed by atoms with Crippen LogP contribution in [0.4, 0.5) is 0 Å². The number of hydrogen-bond donors (Lipinski definition) is 1. The van der Waals surface area contributed by atoms with E-state index in [1.54, 1.807) is 0 Å². The largest absolute Gasteiger partial charge is 0.346 e. The summed E-state index contributed by atoms with van der Waals surface area (Å²) in [7, 11) is 0. The maximum atomic E-state index is 11.8. The zero-order valence-corrected chi connectivity index (χ0v) is 12.4. The lowest BCUT2D eigenvalue weighted by Crippen LogP contribution is -2.44. The van der Waals surface area contributed by atoms with Crippen LogP contribution in [0.2, 0.25) is 0 Å². The van der Waals surface area contributed by atoms with Crippen LogP contribution in [0, 0.1) is 3.57 Å². The summed E-state index contributed by atoms with van der Waals surface area (Å²) in [5.41, 5.74) is 0.476. The van der Waals surface area contributed by atoms with Crippen LogP contribution in [0.1, 0.15) is 24.2 Å². The number of amides is 1. The summed E-state index contributed by atoms with van der Waals surface area (Å²) < 4.78 is 1.13. The quantitative estimate of drug-likeness (QED) is 0.632. The number of benzene rings is 1. The molecule has 0 fully saturated rings. The van der Waals surface area contributed by atoms with E-state index in [1.165, 1.54) is 0 Å². The molecule has 0 atom stereocenters. The maximum absolute atomic E-state index is 11.8. The predicted molar refractivity (Wildman–Crippen MR) is 74.5 cm³/mol. The van der Waals surface area contributed by atoms with Crippen LogP contribution in [0.5, 0.6) is 0 Å². The molecule has 0 aromatic heterocycles. The number of carbonyl (C=O) groups excluding carboxylic acids is 1. The summed E-state index contributed by atoms with van der Waals surface area (Å²) in [6.45, 7) is 3.96. The minimum absolute atomic E-state index is 0.0316. The Morgan fingerprint density at radius 3 is 2.40 bits per heavy atom. The lowest BCUT2D eigenvalue weighted by molar-refractivity contribution is 0.0921. The number of halogens is 2. The van der Waals surface area contributed by atoms with Crippen molar-refractivity contribution in [1.29, 1.82) is 0 Å². The van der Waals surface area contributed by atoms with E-state index in [4.69, 9.17) is 0 Å². The third kappa shape index (κ3) is 4.10. The second-order valence-electron chi connectivity index (χ2n) is 3.98. The average molecular weight is 382 g/mol. The average Bonchev–Trinajstić information content (AvgIpc) is 2.18. The highest BCUT2D eigenvalue weighted by Crippen LogP contribution is 2.10. The molecule has 1 aromatic rings. The lowest BCUT2D eigenvalue weighted by atomic mass is 10.1. The topological polar surface area (TPSA) is 29.1 Å². The van der Waals surface area contributed by atoms with Gasteiger partial charge in [0.2, 0.25) is 0 Å². The van der Waals surface area contributed by atoms with Gasteiger partial charge >= 0.3 is 0 Å². The van der Waals surface area contributed by atoms with Gasteiger partial charge in [0, 0.05) is 20.0 Å². The third-order valence-corrected chi connectivity index (χ3v) is 4.01. The minimum Gasteiger partial charge on any atom is -0.346 e. The Hall–Kier alpha value is -0.100. The van der Waals surface area contributed by atoms with Crippen molar-refractivity contribution < 1.29 is 4.79 Å². The standard InChI is InChI=1S/C11H13BrINO/c1-11(2,7-12)14-10(15)8-3-5-9(13)6-4-8/h3-6H,7H2,1-2H3,(H,14,15). The highest BCUT2D eigenvalue weighted by molar-refractivity contribution is 14.1. The van der Waals surface area contributed by atoms with Crippen LogP contribution < -0.4 is 5.32 Å².